The normalized spacial score (nSPS) is 11.9. The van der Waals surface area contributed by atoms with Crippen molar-refractivity contribution in [2.24, 2.45) is 0 Å². The third-order valence-electron chi connectivity index (χ3n) is 2.90. The van der Waals surface area contributed by atoms with E-state index in [0.29, 0.717) is 12.4 Å². The first-order chi connectivity index (χ1) is 9.77. The molecule has 0 aliphatic carbocycles. The van der Waals surface area contributed by atoms with Crippen molar-refractivity contribution >= 4 is 5.78 Å². The van der Waals surface area contributed by atoms with Crippen molar-refractivity contribution in [3.05, 3.63) is 59.9 Å². The highest BCUT2D eigenvalue weighted by molar-refractivity contribution is 6.00. The van der Waals surface area contributed by atoms with Gasteiger partial charge in [0.1, 0.15) is 11.9 Å². The second-order valence-electron chi connectivity index (χ2n) is 4.16. The van der Waals surface area contributed by atoms with E-state index >= 15 is 0 Å². The number of carbonyl (C=O) groups is 1. The number of benzene rings is 1. The number of ether oxygens (including phenoxy) is 2. The Kier molecular flexibility index (Phi) is 4.85. The summed E-state index contributed by atoms with van der Waals surface area (Å²) in [6.45, 7) is 2.30. The lowest BCUT2D eigenvalue weighted by molar-refractivity contribution is 0.0445. The predicted molar refractivity (Wildman–Crippen MR) is 75.9 cm³/mol. The van der Waals surface area contributed by atoms with E-state index in [1.165, 1.54) is 7.11 Å². The molecule has 2 rings (SSSR count). The molecule has 1 heterocycles. The average Bonchev–Trinajstić information content (AvgIpc) is 2.52. The van der Waals surface area contributed by atoms with Gasteiger partial charge in [-0.25, -0.2) is 4.98 Å². The minimum absolute atomic E-state index is 0.199. The molecule has 0 saturated heterocycles. The highest BCUT2D eigenvalue weighted by Crippen LogP contribution is 2.25. The lowest BCUT2D eigenvalue weighted by atomic mass is 10.0. The van der Waals surface area contributed by atoms with E-state index in [-0.39, 0.29) is 11.5 Å². The van der Waals surface area contributed by atoms with Crippen molar-refractivity contribution in [1.29, 1.82) is 0 Å². The minimum Gasteiger partial charge on any atom is -0.494 e. The van der Waals surface area contributed by atoms with E-state index in [9.17, 15) is 4.79 Å². The number of ketones is 1. The van der Waals surface area contributed by atoms with Crippen LogP contribution in [0.3, 0.4) is 0 Å². The van der Waals surface area contributed by atoms with Gasteiger partial charge in [0, 0.05) is 12.8 Å². The molecule has 1 aromatic carbocycles. The summed E-state index contributed by atoms with van der Waals surface area (Å²) in [5.41, 5.74) is 1.10. The van der Waals surface area contributed by atoms with Crippen molar-refractivity contribution in [2.75, 3.05) is 13.7 Å². The molecule has 0 bridgehead atoms. The maximum atomic E-state index is 12.6. The predicted octanol–water partition coefficient (Wildman–Crippen LogP) is 3.05. The molecule has 0 amide bonds. The average molecular weight is 271 g/mol. The zero-order valence-corrected chi connectivity index (χ0v) is 11.6. The smallest absolute Gasteiger partial charge is 0.218 e. The van der Waals surface area contributed by atoms with Crippen molar-refractivity contribution in [3.8, 4) is 5.75 Å². The van der Waals surface area contributed by atoms with Gasteiger partial charge in [0.05, 0.1) is 7.11 Å². The van der Waals surface area contributed by atoms with Crippen molar-refractivity contribution in [3.63, 3.8) is 0 Å². The first-order valence-corrected chi connectivity index (χ1v) is 6.47. The van der Waals surface area contributed by atoms with Crippen molar-refractivity contribution in [2.45, 2.75) is 13.0 Å². The molecule has 0 aliphatic rings. The number of pyridine rings is 1. The summed E-state index contributed by atoms with van der Waals surface area (Å²) >= 11 is 0. The van der Waals surface area contributed by atoms with Gasteiger partial charge < -0.3 is 9.47 Å². The second-order valence-corrected chi connectivity index (χ2v) is 4.16. The molecule has 1 aromatic heterocycles. The summed E-state index contributed by atoms with van der Waals surface area (Å²) in [4.78, 5) is 16.8. The zero-order valence-electron chi connectivity index (χ0n) is 11.6. The van der Waals surface area contributed by atoms with Crippen LogP contribution in [0.2, 0.25) is 0 Å². The van der Waals surface area contributed by atoms with Crippen LogP contribution < -0.4 is 4.74 Å². The van der Waals surface area contributed by atoms with Crippen molar-refractivity contribution < 1.29 is 14.3 Å². The molecule has 4 nitrogen and oxygen atoms in total. The Balaban J connectivity index is 2.37. The van der Waals surface area contributed by atoms with E-state index in [0.717, 1.165) is 5.56 Å². The molecule has 0 aliphatic heterocycles. The highest BCUT2D eigenvalue weighted by Gasteiger charge is 2.26. The van der Waals surface area contributed by atoms with Crippen LogP contribution in [-0.2, 0) is 4.74 Å². The van der Waals surface area contributed by atoms with Gasteiger partial charge in [-0.15, -0.1) is 0 Å². The number of methoxy groups -OCH3 is 1. The molecule has 4 heteroatoms. The second kappa shape index (κ2) is 6.82. The van der Waals surface area contributed by atoms with Gasteiger partial charge in [0.25, 0.3) is 0 Å². The molecular formula is C16H17NO3. The molecule has 20 heavy (non-hydrogen) atoms. The Bertz CT molecular complexity index is 569. The van der Waals surface area contributed by atoms with Gasteiger partial charge in [-0.3, -0.25) is 4.79 Å². The van der Waals surface area contributed by atoms with Crippen LogP contribution in [0.15, 0.2) is 48.7 Å². The SMILES string of the molecule is CCOC(C(=O)c1ncccc1OC)c1ccccc1. The Morgan fingerprint density at radius 2 is 1.95 bits per heavy atom. The molecule has 1 unspecified atom stereocenters. The monoisotopic (exact) mass is 271 g/mol. The van der Waals surface area contributed by atoms with Gasteiger partial charge in [0.15, 0.2) is 5.69 Å². The van der Waals surface area contributed by atoms with E-state index in [1.807, 2.05) is 37.3 Å². The topological polar surface area (TPSA) is 48.4 Å². The highest BCUT2D eigenvalue weighted by atomic mass is 16.5. The summed E-state index contributed by atoms with van der Waals surface area (Å²) in [6.07, 6.45) is 0.911. The number of nitrogens with zero attached hydrogens (tertiary/aromatic N) is 1. The van der Waals surface area contributed by atoms with Gasteiger partial charge in [-0.1, -0.05) is 30.3 Å². The number of hydrogen-bond acceptors (Lipinski definition) is 4. The molecule has 0 spiro atoms. The summed E-state index contributed by atoms with van der Waals surface area (Å²) in [7, 11) is 1.52. The summed E-state index contributed by atoms with van der Waals surface area (Å²) in [5.74, 6) is 0.258. The lowest BCUT2D eigenvalue weighted by Crippen LogP contribution is -2.18. The maximum absolute atomic E-state index is 12.6. The molecule has 0 saturated carbocycles. The Morgan fingerprint density at radius 3 is 2.60 bits per heavy atom. The molecular weight excluding hydrogens is 254 g/mol. The van der Waals surface area contributed by atoms with E-state index < -0.39 is 6.10 Å². The number of Topliss-reactive ketones (excluding diaryl/α,β-unsaturated/α-hetero) is 1. The zero-order chi connectivity index (χ0) is 14.4. The molecule has 2 aromatic rings. The molecule has 1 atom stereocenters. The van der Waals surface area contributed by atoms with Crippen LogP contribution in [0.1, 0.15) is 29.1 Å². The third-order valence-corrected chi connectivity index (χ3v) is 2.90. The third kappa shape index (κ3) is 3.03. The maximum Gasteiger partial charge on any atom is 0.218 e. The summed E-state index contributed by atoms with van der Waals surface area (Å²) < 4.78 is 10.8. The first-order valence-electron chi connectivity index (χ1n) is 6.47. The van der Waals surface area contributed by atoms with Crippen molar-refractivity contribution in [1.82, 2.24) is 4.98 Å². The number of aromatic nitrogens is 1. The van der Waals surface area contributed by atoms with Crippen LogP contribution in [-0.4, -0.2) is 24.5 Å². The largest absolute Gasteiger partial charge is 0.494 e. The Hall–Kier alpha value is -2.20. The van der Waals surface area contributed by atoms with E-state index in [4.69, 9.17) is 9.47 Å². The minimum atomic E-state index is -0.662. The lowest BCUT2D eigenvalue weighted by Gasteiger charge is -2.17. The number of carbonyl (C=O) groups excluding carboxylic acids is 1. The quantitative estimate of drug-likeness (QED) is 0.758. The molecule has 0 N–H and O–H groups in total. The number of hydrogen-bond donors (Lipinski definition) is 0. The fraction of sp³-hybridized carbons (Fsp3) is 0.250. The van der Waals surface area contributed by atoms with Gasteiger partial charge in [-0.2, -0.15) is 0 Å². The van der Waals surface area contributed by atoms with Crippen LogP contribution in [0.5, 0.6) is 5.75 Å². The van der Waals surface area contributed by atoms with Crippen LogP contribution >= 0.6 is 0 Å². The molecule has 0 radical (unpaired) electrons. The molecule has 104 valence electrons. The van der Waals surface area contributed by atoms with Gasteiger partial charge in [-0.05, 0) is 24.6 Å². The fourth-order valence-electron chi connectivity index (χ4n) is 1.98. The fourth-order valence-corrected chi connectivity index (χ4v) is 1.98. The van der Waals surface area contributed by atoms with Gasteiger partial charge in [0.2, 0.25) is 5.78 Å². The first kappa shape index (κ1) is 14.2. The van der Waals surface area contributed by atoms with E-state index in [2.05, 4.69) is 4.98 Å². The Morgan fingerprint density at radius 1 is 1.20 bits per heavy atom. The van der Waals surface area contributed by atoms with Crippen LogP contribution in [0, 0.1) is 0 Å². The Labute approximate surface area is 118 Å². The standard InChI is InChI=1S/C16H17NO3/c1-3-20-16(12-8-5-4-6-9-12)15(18)14-13(19-2)10-7-11-17-14/h4-11,16H,3H2,1-2H3. The summed E-state index contributed by atoms with van der Waals surface area (Å²) in [6, 6.07) is 12.8. The number of rotatable bonds is 6. The van der Waals surface area contributed by atoms with Crippen LogP contribution in [0.25, 0.3) is 0 Å². The van der Waals surface area contributed by atoms with Crippen LogP contribution in [0.4, 0.5) is 0 Å². The van der Waals surface area contributed by atoms with Gasteiger partial charge >= 0.3 is 0 Å². The van der Waals surface area contributed by atoms with E-state index in [1.54, 1.807) is 18.3 Å². The summed E-state index contributed by atoms with van der Waals surface area (Å²) in [5, 5.41) is 0. The molecule has 0 fully saturated rings.